The van der Waals surface area contributed by atoms with Crippen LogP contribution in [0.4, 0.5) is 0 Å². The number of likely N-dealkylation sites (N-methyl/N-ethyl adjacent to an activating group) is 1. The lowest BCUT2D eigenvalue weighted by atomic mass is 9.82. The number of aromatic nitrogens is 1. The number of nitrogens with zero attached hydrogens (tertiary/aromatic N) is 3. The van der Waals surface area contributed by atoms with Crippen molar-refractivity contribution in [1.82, 2.24) is 25.4 Å². The third kappa shape index (κ3) is 16.5. The Labute approximate surface area is 373 Å². The maximum Gasteiger partial charge on any atom is 0.307 e. The maximum atomic E-state index is 14.9. The van der Waals surface area contributed by atoms with E-state index in [4.69, 9.17) is 9.47 Å². The molecule has 1 aromatic heterocycles. The van der Waals surface area contributed by atoms with Gasteiger partial charge in [-0.3, -0.25) is 33.7 Å². The lowest BCUT2D eigenvalue weighted by Crippen LogP contribution is -2.50. The molecule has 2 amide bonds. The molecule has 7 atom stereocenters. The Morgan fingerprint density at radius 3 is 2.29 bits per heavy atom. The van der Waals surface area contributed by atoms with Crippen LogP contribution in [0.3, 0.4) is 0 Å². The minimum Gasteiger partial charge on any atom is -0.508 e. The van der Waals surface area contributed by atoms with Crippen LogP contribution in [-0.2, 0) is 39.9 Å². The number of benzene rings is 1. The number of phenols is 1. The van der Waals surface area contributed by atoms with Crippen molar-refractivity contribution in [2.45, 2.75) is 157 Å². The molecule has 1 aliphatic rings. The van der Waals surface area contributed by atoms with Gasteiger partial charge in [0.1, 0.15) is 22.2 Å². The third-order valence-corrected chi connectivity index (χ3v) is 12.8. The number of aromatic hydroxyl groups is 1. The molecule has 3 rings (SSSR count). The molecule has 0 saturated carbocycles. The fraction of sp³-hybridized carbons (Fsp3) is 0.681. The van der Waals surface area contributed by atoms with E-state index >= 15 is 0 Å². The van der Waals surface area contributed by atoms with Crippen molar-refractivity contribution >= 4 is 46.7 Å². The highest BCUT2D eigenvalue weighted by Crippen LogP contribution is 2.34. The number of thiazole rings is 1. The average molecular weight is 884 g/mol. The molecule has 0 bridgehead atoms. The monoisotopic (exact) mass is 884 g/mol. The number of carbonyl (C=O) groups is 6. The van der Waals surface area contributed by atoms with Crippen molar-refractivity contribution in [3.63, 3.8) is 0 Å². The largest absolute Gasteiger partial charge is 0.508 e. The molecular weight excluding hydrogens is 811 g/mol. The number of carbonyl (C=O) groups excluding carboxylic acids is 6. The highest BCUT2D eigenvalue weighted by atomic mass is 32.1. The minimum atomic E-state index is -0.966. The van der Waals surface area contributed by atoms with E-state index < -0.39 is 42.0 Å². The second kappa shape index (κ2) is 25.8. The quantitative estimate of drug-likeness (QED) is 0.0648. The molecule has 346 valence electrons. The summed E-state index contributed by atoms with van der Waals surface area (Å²) in [4.78, 5) is 89.4. The smallest absolute Gasteiger partial charge is 0.307 e. The van der Waals surface area contributed by atoms with Crippen LogP contribution in [-0.4, -0.2) is 106 Å². The molecule has 1 saturated heterocycles. The summed E-state index contributed by atoms with van der Waals surface area (Å²) in [6, 6.07) is 5.50. The Balaban J connectivity index is 1.95. The van der Waals surface area contributed by atoms with Crippen LogP contribution in [0, 0.1) is 23.7 Å². The summed E-state index contributed by atoms with van der Waals surface area (Å²) in [6.45, 7) is 17.4. The van der Waals surface area contributed by atoms with Gasteiger partial charge in [-0.1, -0.05) is 80.4 Å². The highest BCUT2D eigenvalue weighted by Gasteiger charge is 2.39. The number of hydrogen-bond acceptors (Lipinski definition) is 13. The summed E-state index contributed by atoms with van der Waals surface area (Å²) < 4.78 is 11.6. The first-order chi connectivity index (χ1) is 29.3. The molecule has 2 aromatic rings. The van der Waals surface area contributed by atoms with Crippen LogP contribution < -0.4 is 10.6 Å². The maximum absolute atomic E-state index is 14.9. The molecule has 14 nitrogen and oxygen atoms in total. The topological polar surface area (TPSA) is 185 Å². The van der Waals surface area contributed by atoms with Gasteiger partial charge in [0.2, 0.25) is 5.91 Å². The van der Waals surface area contributed by atoms with Gasteiger partial charge in [0.25, 0.3) is 5.91 Å². The fourth-order valence-corrected chi connectivity index (χ4v) is 8.77. The van der Waals surface area contributed by atoms with Gasteiger partial charge in [-0.2, -0.15) is 0 Å². The first-order valence-corrected chi connectivity index (χ1v) is 23.4. The normalized spacial score (nSPS) is 17.4. The number of ether oxygens (including phenoxy) is 2. The predicted molar refractivity (Wildman–Crippen MR) is 240 cm³/mol. The molecule has 0 aliphatic carbocycles. The van der Waals surface area contributed by atoms with Gasteiger partial charge < -0.3 is 30.1 Å². The second-order valence-electron chi connectivity index (χ2n) is 17.8. The lowest BCUT2D eigenvalue weighted by Gasteiger charge is -2.39. The molecule has 0 spiro atoms. The molecule has 1 aliphatic heterocycles. The number of ketones is 2. The lowest BCUT2D eigenvalue weighted by molar-refractivity contribution is -0.161. The Bertz CT molecular complexity index is 1770. The fourth-order valence-electron chi connectivity index (χ4n) is 7.93. The first kappa shape index (κ1) is 52.1. The number of esters is 2. The van der Waals surface area contributed by atoms with Crippen LogP contribution in [0.15, 0.2) is 29.6 Å². The Kier molecular flexibility index (Phi) is 21.7. The van der Waals surface area contributed by atoms with E-state index in [1.54, 1.807) is 29.6 Å². The molecular formula is C47H73N5O9S. The number of nitrogens with one attached hydrogen (secondary N) is 2. The number of likely N-dealkylation sites (tertiary alicyclic amines) is 1. The summed E-state index contributed by atoms with van der Waals surface area (Å²) in [6.07, 6.45) is 4.06. The molecule has 3 N–H and O–H groups in total. The van der Waals surface area contributed by atoms with Gasteiger partial charge in [-0.25, -0.2) is 4.98 Å². The van der Waals surface area contributed by atoms with Gasteiger partial charge in [0.05, 0.1) is 12.6 Å². The van der Waals surface area contributed by atoms with Gasteiger partial charge in [0, 0.05) is 61.5 Å². The number of hydrogen-bond donors (Lipinski definition) is 3. The number of rotatable bonds is 26. The van der Waals surface area contributed by atoms with Crippen LogP contribution >= 0.6 is 11.3 Å². The predicted octanol–water partition coefficient (Wildman–Crippen LogP) is 7.04. The molecule has 2 heterocycles. The van der Waals surface area contributed by atoms with Crippen molar-refractivity contribution in [3.8, 4) is 5.75 Å². The zero-order valence-corrected chi connectivity index (χ0v) is 39.6. The van der Waals surface area contributed by atoms with Crippen LogP contribution in [0.5, 0.6) is 5.75 Å². The third-order valence-electron chi connectivity index (χ3n) is 11.9. The Morgan fingerprint density at radius 2 is 1.69 bits per heavy atom. The number of amides is 2. The zero-order chi connectivity index (χ0) is 46.1. The van der Waals surface area contributed by atoms with Crippen LogP contribution in [0.1, 0.15) is 147 Å². The Hall–Kier alpha value is -4.21. The van der Waals surface area contributed by atoms with E-state index in [0.717, 1.165) is 42.7 Å². The highest BCUT2D eigenvalue weighted by molar-refractivity contribution is 7.09. The molecule has 15 heteroatoms. The van der Waals surface area contributed by atoms with Gasteiger partial charge in [0.15, 0.2) is 18.6 Å². The van der Waals surface area contributed by atoms with Crippen molar-refractivity contribution in [1.29, 1.82) is 0 Å². The van der Waals surface area contributed by atoms with E-state index in [-0.39, 0.29) is 91.3 Å². The van der Waals surface area contributed by atoms with E-state index in [1.807, 2.05) is 62.4 Å². The molecule has 62 heavy (non-hydrogen) atoms. The first-order valence-electron chi connectivity index (χ1n) is 22.5. The SMILES string of the molecule is CCCC(=O)OCN(C(=O)[C@@H](CC(=O)[C@H]1CCCCN1C)C(C)CC)[C@H](C[C@@H](OC(C)=O)c1nc(C(=O)N[C@@H](Cc2ccc(O)cc2)C[C@H](C)C(=O)CNC(C)C)cs1)C(C)C. The van der Waals surface area contributed by atoms with E-state index in [2.05, 4.69) is 20.5 Å². The second-order valence-corrected chi connectivity index (χ2v) is 18.6. The van der Waals surface area contributed by atoms with Gasteiger partial charge in [-0.05, 0) is 75.2 Å². The number of phenolic OH excluding ortho intramolecular Hbond substituents is 1. The van der Waals surface area contributed by atoms with Crippen molar-refractivity contribution in [3.05, 3.63) is 45.9 Å². The van der Waals surface area contributed by atoms with Crippen LogP contribution in [0.25, 0.3) is 0 Å². The van der Waals surface area contributed by atoms with Crippen molar-refractivity contribution < 1.29 is 43.3 Å². The van der Waals surface area contributed by atoms with Gasteiger partial charge in [-0.15, -0.1) is 11.3 Å². The number of piperidine rings is 1. The van der Waals surface area contributed by atoms with Crippen molar-refractivity contribution in [2.75, 3.05) is 26.9 Å². The Morgan fingerprint density at radius 1 is 1.00 bits per heavy atom. The molecule has 1 unspecified atom stereocenters. The summed E-state index contributed by atoms with van der Waals surface area (Å²) in [5.41, 5.74) is 0.964. The molecule has 0 radical (unpaired) electrons. The van der Waals surface area contributed by atoms with Crippen molar-refractivity contribution in [2.24, 2.45) is 23.7 Å². The van der Waals surface area contributed by atoms with E-state index in [9.17, 15) is 33.9 Å². The zero-order valence-electron chi connectivity index (χ0n) is 38.7. The molecule has 1 fully saturated rings. The summed E-state index contributed by atoms with van der Waals surface area (Å²) in [5, 5.41) is 18.0. The number of Topliss-reactive ketones (excluding diaryl/α,β-unsaturated/α-hetero) is 2. The van der Waals surface area contributed by atoms with E-state index in [0.29, 0.717) is 30.7 Å². The minimum absolute atomic E-state index is 0.0232. The van der Waals surface area contributed by atoms with Gasteiger partial charge >= 0.3 is 11.9 Å². The average Bonchev–Trinajstić information content (AvgIpc) is 3.72. The van der Waals surface area contributed by atoms with E-state index in [1.165, 1.54) is 11.8 Å². The summed E-state index contributed by atoms with van der Waals surface area (Å²) in [7, 11) is 1.95. The summed E-state index contributed by atoms with van der Waals surface area (Å²) in [5.74, 6) is -3.04. The summed E-state index contributed by atoms with van der Waals surface area (Å²) >= 11 is 1.15. The standard InChI is InChI=1S/C47H73N5O9S/c1-11-15-44(57)60-28-52(47(59)37(31(7)12-2)24-41(55)39-16-13-14-21-51(39)10)40(29(3)4)25-43(61-33(9)53)46-50-38(27-62-46)45(58)49-35(23-34-17-19-36(54)20-18-34)22-32(8)42(56)26-48-30(5)6/h17-20,27,29-32,35,37,39-40,43,48,54H,11-16,21-26,28H2,1-10H3,(H,49,58)/t31?,32-,35+,37-,39+,40+,43+/m0/s1. The molecule has 1 aromatic carbocycles. The van der Waals surface area contributed by atoms with Crippen LogP contribution in [0.2, 0.25) is 0 Å².